The molecular formula is C23H27N7O. The van der Waals surface area contributed by atoms with E-state index in [1.807, 2.05) is 42.5 Å². The molecule has 8 heteroatoms. The molecule has 2 aromatic heterocycles. The number of benzene rings is 1. The highest BCUT2D eigenvalue weighted by molar-refractivity contribution is 5.91. The SMILES string of the molecule is COc1ccc2nc(/C=C/c3cccnc3)nc(N[C@@H]3CCCC[C@@H]3N=C(N)N)c2c1. The predicted octanol–water partition coefficient (Wildman–Crippen LogP) is 3.20. The minimum absolute atomic E-state index is 0.0174. The van der Waals surface area contributed by atoms with Crippen LogP contribution in [-0.4, -0.2) is 40.1 Å². The van der Waals surface area contributed by atoms with E-state index in [2.05, 4.69) is 15.3 Å². The Morgan fingerprint density at radius 2 is 2.03 bits per heavy atom. The second kappa shape index (κ2) is 9.42. The van der Waals surface area contributed by atoms with E-state index in [-0.39, 0.29) is 18.0 Å². The van der Waals surface area contributed by atoms with Crippen LogP contribution in [0.25, 0.3) is 23.1 Å². The van der Waals surface area contributed by atoms with E-state index in [1.165, 1.54) is 0 Å². The summed E-state index contributed by atoms with van der Waals surface area (Å²) in [5.74, 6) is 2.23. The van der Waals surface area contributed by atoms with Gasteiger partial charge in [0.1, 0.15) is 11.6 Å². The van der Waals surface area contributed by atoms with Gasteiger partial charge in [0, 0.05) is 17.8 Å². The van der Waals surface area contributed by atoms with Gasteiger partial charge in [-0.15, -0.1) is 0 Å². The topological polar surface area (TPSA) is 124 Å². The minimum atomic E-state index is 0.0174. The Kier molecular flexibility index (Phi) is 6.26. The Morgan fingerprint density at radius 1 is 1.16 bits per heavy atom. The first-order valence-electron chi connectivity index (χ1n) is 10.4. The lowest BCUT2D eigenvalue weighted by Crippen LogP contribution is -2.38. The molecule has 8 nitrogen and oxygen atoms in total. The van der Waals surface area contributed by atoms with E-state index < -0.39 is 0 Å². The summed E-state index contributed by atoms with van der Waals surface area (Å²) in [5.41, 5.74) is 13.2. The van der Waals surface area contributed by atoms with Crippen molar-refractivity contribution in [2.75, 3.05) is 12.4 Å². The van der Waals surface area contributed by atoms with Gasteiger partial charge < -0.3 is 21.5 Å². The van der Waals surface area contributed by atoms with E-state index in [0.717, 1.165) is 53.7 Å². The molecule has 0 saturated heterocycles. The molecule has 2 atom stereocenters. The number of hydrogen-bond donors (Lipinski definition) is 3. The Labute approximate surface area is 181 Å². The Hall–Kier alpha value is -3.68. The van der Waals surface area contributed by atoms with Crippen LogP contribution in [0.2, 0.25) is 0 Å². The average Bonchev–Trinajstić information content (AvgIpc) is 2.79. The molecule has 2 heterocycles. The maximum Gasteiger partial charge on any atom is 0.186 e. The van der Waals surface area contributed by atoms with Gasteiger partial charge in [-0.2, -0.15) is 0 Å². The summed E-state index contributed by atoms with van der Waals surface area (Å²) in [7, 11) is 1.65. The lowest BCUT2D eigenvalue weighted by atomic mass is 9.90. The van der Waals surface area contributed by atoms with Crippen molar-refractivity contribution in [2.24, 2.45) is 16.5 Å². The average molecular weight is 418 g/mol. The van der Waals surface area contributed by atoms with Gasteiger partial charge in [-0.25, -0.2) is 15.0 Å². The zero-order chi connectivity index (χ0) is 21.6. The third kappa shape index (κ3) is 5.09. The van der Waals surface area contributed by atoms with E-state index in [9.17, 15) is 0 Å². The lowest BCUT2D eigenvalue weighted by Gasteiger charge is -2.30. The van der Waals surface area contributed by atoms with Crippen molar-refractivity contribution < 1.29 is 4.74 Å². The standard InChI is InChI=1S/C23H27N7O/c1-31-16-9-10-18-17(13-16)22(28-19-6-2-3-7-20(19)29-23(24)25)30-21(27-18)11-8-15-5-4-12-26-14-15/h4-5,8-14,19-20H,2-3,6-7H2,1H3,(H4,24,25,29)(H,27,28,30)/b11-8+/t19-,20+/m1/s1. The summed E-state index contributed by atoms with van der Waals surface area (Å²) < 4.78 is 5.42. The number of nitrogens with zero attached hydrogens (tertiary/aromatic N) is 4. The molecule has 3 aromatic rings. The Balaban J connectivity index is 1.72. The smallest absolute Gasteiger partial charge is 0.186 e. The van der Waals surface area contributed by atoms with Crippen molar-refractivity contribution in [1.29, 1.82) is 0 Å². The van der Waals surface area contributed by atoms with E-state index in [4.69, 9.17) is 26.2 Å². The molecule has 1 aliphatic carbocycles. The number of aromatic nitrogens is 3. The number of guanidine groups is 1. The van der Waals surface area contributed by atoms with Crippen molar-refractivity contribution in [2.45, 2.75) is 37.8 Å². The van der Waals surface area contributed by atoms with Crippen LogP contribution in [0.3, 0.4) is 0 Å². The fourth-order valence-corrected chi connectivity index (χ4v) is 3.88. The molecule has 0 aliphatic heterocycles. The fourth-order valence-electron chi connectivity index (χ4n) is 3.88. The molecule has 4 rings (SSSR count). The van der Waals surface area contributed by atoms with Gasteiger partial charge >= 0.3 is 0 Å². The van der Waals surface area contributed by atoms with Crippen LogP contribution in [0.15, 0.2) is 47.7 Å². The highest BCUT2D eigenvalue weighted by atomic mass is 16.5. The molecule has 0 radical (unpaired) electrons. The molecule has 31 heavy (non-hydrogen) atoms. The molecule has 5 N–H and O–H groups in total. The van der Waals surface area contributed by atoms with Crippen LogP contribution in [0.5, 0.6) is 5.75 Å². The van der Waals surface area contributed by atoms with Gasteiger partial charge in [-0.3, -0.25) is 4.98 Å². The van der Waals surface area contributed by atoms with Crippen LogP contribution in [0.4, 0.5) is 5.82 Å². The van der Waals surface area contributed by atoms with Crippen molar-refractivity contribution in [3.8, 4) is 5.75 Å². The first kappa shape index (κ1) is 20.6. The highest BCUT2D eigenvalue weighted by Crippen LogP contribution is 2.29. The van der Waals surface area contributed by atoms with Crippen molar-refractivity contribution in [3.05, 3.63) is 54.1 Å². The summed E-state index contributed by atoms with van der Waals surface area (Å²) in [6.45, 7) is 0. The molecule has 1 aliphatic rings. The minimum Gasteiger partial charge on any atom is -0.497 e. The number of methoxy groups -OCH3 is 1. The van der Waals surface area contributed by atoms with Crippen molar-refractivity contribution >= 4 is 34.8 Å². The van der Waals surface area contributed by atoms with Gasteiger partial charge in [0.15, 0.2) is 11.8 Å². The molecule has 0 bridgehead atoms. The number of nitrogens with two attached hydrogens (primary N) is 2. The number of fused-ring (bicyclic) bond motifs is 1. The number of ether oxygens (including phenoxy) is 1. The largest absolute Gasteiger partial charge is 0.497 e. The Bertz CT molecular complexity index is 1090. The van der Waals surface area contributed by atoms with Gasteiger partial charge in [0.05, 0.1) is 24.7 Å². The quantitative estimate of drug-likeness (QED) is 0.415. The number of nitrogens with one attached hydrogen (secondary N) is 1. The molecule has 0 spiro atoms. The van der Waals surface area contributed by atoms with E-state index in [0.29, 0.717) is 5.82 Å². The molecule has 1 aromatic carbocycles. The first-order chi connectivity index (χ1) is 15.1. The van der Waals surface area contributed by atoms with Crippen LogP contribution in [0, 0.1) is 0 Å². The number of aliphatic imine (C=N–C) groups is 1. The predicted molar refractivity (Wildman–Crippen MR) is 125 cm³/mol. The van der Waals surface area contributed by atoms with Crippen LogP contribution >= 0.6 is 0 Å². The zero-order valence-corrected chi connectivity index (χ0v) is 17.5. The van der Waals surface area contributed by atoms with Crippen LogP contribution < -0.4 is 21.5 Å². The number of rotatable bonds is 6. The van der Waals surface area contributed by atoms with E-state index >= 15 is 0 Å². The monoisotopic (exact) mass is 417 g/mol. The van der Waals surface area contributed by atoms with Crippen molar-refractivity contribution in [1.82, 2.24) is 15.0 Å². The second-order valence-electron chi connectivity index (χ2n) is 7.59. The summed E-state index contributed by atoms with van der Waals surface area (Å²) in [6, 6.07) is 9.78. The van der Waals surface area contributed by atoms with Gasteiger partial charge in [-0.05, 0) is 54.8 Å². The number of anilines is 1. The Morgan fingerprint density at radius 3 is 2.81 bits per heavy atom. The van der Waals surface area contributed by atoms with Gasteiger partial charge in [-0.1, -0.05) is 18.9 Å². The summed E-state index contributed by atoms with van der Waals surface area (Å²) >= 11 is 0. The zero-order valence-electron chi connectivity index (χ0n) is 17.5. The first-order valence-corrected chi connectivity index (χ1v) is 10.4. The number of pyridine rings is 1. The third-order valence-corrected chi connectivity index (χ3v) is 5.40. The summed E-state index contributed by atoms with van der Waals surface area (Å²) in [5, 5.41) is 4.49. The highest BCUT2D eigenvalue weighted by Gasteiger charge is 2.26. The molecule has 0 unspecified atom stereocenters. The summed E-state index contributed by atoms with van der Waals surface area (Å²) in [6.07, 6.45) is 11.5. The van der Waals surface area contributed by atoms with Crippen molar-refractivity contribution in [3.63, 3.8) is 0 Å². The van der Waals surface area contributed by atoms with Crippen LogP contribution in [-0.2, 0) is 0 Å². The normalized spacial score (nSPS) is 18.7. The fraction of sp³-hybridized carbons (Fsp3) is 0.304. The second-order valence-corrected chi connectivity index (χ2v) is 7.59. The molecule has 1 fully saturated rings. The van der Waals surface area contributed by atoms with Gasteiger partial charge in [0.25, 0.3) is 0 Å². The van der Waals surface area contributed by atoms with Gasteiger partial charge in [0.2, 0.25) is 0 Å². The molecular weight excluding hydrogens is 390 g/mol. The molecule has 0 amide bonds. The maximum atomic E-state index is 5.67. The third-order valence-electron chi connectivity index (χ3n) is 5.40. The molecule has 1 saturated carbocycles. The van der Waals surface area contributed by atoms with Crippen LogP contribution in [0.1, 0.15) is 37.1 Å². The molecule has 160 valence electrons. The number of hydrogen-bond acceptors (Lipinski definition) is 6. The maximum absolute atomic E-state index is 5.67. The summed E-state index contributed by atoms with van der Waals surface area (Å²) in [4.78, 5) is 18.1. The lowest BCUT2D eigenvalue weighted by molar-refractivity contribution is 0.405. The van der Waals surface area contributed by atoms with E-state index in [1.54, 1.807) is 19.5 Å².